The summed E-state index contributed by atoms with van der Waals surface area (Å²) in [6.07, 6.45) is 4.90. The first-order chi connectivity index (χ1) is 7.86. The third kappa shape index (κ3) is 1.76. The molecule has 0 bridgehead atoms. The fourth-order valence-corrected chi connectivity index (χ4v) is 3.76. The number of fused-ring (bicyclic) bond motifs is 1. The fourth-order valence-electron chi connectivity index (χ4n) is 2.63. The van der Waals surface area contributed by atoms with Gasteiger partial charge in [0.05, 0.1) is 0 Å². The highest BCUT2D eigenvalue weighted by atomic mass is 32.2. The van der Waals surface area contributed by atoms with E-state index in [1.165, 1.54) is 18.6 Å². The van der Waals surface area contributed by atoms with E-state index in [9.17, 15) is 5.11 Å². The van der Waals surface area contributed by atoms with Crippen molar-refractivity contribution in [2.75, 3.05) is 11.5 Å². The minimum absolute atomic E-state index is 0.388. The van der Waals surface area contributed by atoms with Crippen molar-refractivity contribution in [3.63, 3.8) is 0 Å². The van der Waals surface area contributed by atoms with Crippen LogP contribution in [0.5, 0.6) is 0 Å². The molecule has 5 heteroatoms. The van der Waals surface area contributed by atoms with Crippen LogP contribution in [0.4, 0.5) is 0 Å². The van der Waals surface area contributed by atoms with Crippen LogP contribution >= 0.6 is 11.8 Å². The Morgan fingerprint density at radius 1 is 1.25 bits per heavy atom. The molecule has 0 spiro atoms. The van der Waals surface area contributed by atoms with Crippen LogP contribution in [-0.2, 0) is 6.42 Å². The largest absolute Gasteiger partial charge is 0.373 e. The molecule has 1 aromatic heterocycles. The maximum Gasteiger partial charge on any atom is 0.139 e. The molecule has 1 saturated heterocycles. The van der Waals surface area contributed by atoms with Crippen molar-refractivity contribution < 1.29 is 5.11 Å². The van der Waals surface area contributed by atoms with E-state index < -0.39 is 0 Å². The molecule has 2 unspecified atom stereocenters. The molecule has 1 fully saturated rings. The normalized spacial score (nSPS) is 30.1. The standard InChI is InChI=1S/C11H17N3OS/c15-10-5-1-4-9-12-13-11(14(9)10)8-3-2-6-16-7-8/h8,10,15H,1-7H2. The molecular formula is C11H17N3OS. The summed E-state index contributed by atoms with van der Waals surface area (Å²) in [5.74, 6) is 4.89. The number of aliphatic hydroxyl groups excluding tert-OH is 1. The zero-order valence-electron chi connectivity index (χ0n) is 9.30. The second kappa shape index (κ2) is 4.37. The first kappa shape index (κ1) is 10.6. The maximum absolute atomic E-state index is 10.0. The van der Waals surface area contributed by atoms with Gasteiger partial charge in [-0.2, -0.15) is 11.8 Å². The Morgan fingerprint density at radius 3 is 3.00 bits per heavy atom. The average Bonchev–Trinajstić information content (AvgIpc) is 2.75. The minimum Gasteiger partial charge on any atom is -0.373 e. The van der Waals surface area contributed by atoms with Crippen LogP contribution in [0.3, 0.4) is 0 Å². The van der Waals surface area contributed by atoms with Crippen molar-refractivity contribution in [2.24, 2.45) is 0 Å². The van der Waals surface area contributed by atoms with E-state index in [1.807, 2.05) is 16.3 Å². The van der Waals surface area contributed by atoms with Gasteiger partial charge in [-0.1, -0.05) is 0 Å². The first-order valence-corrected chi connectivity index (χ1v) is 7.21. The molecule has 2 aliphatic heterocycles. The number of thioether (sulfide) groups is 1. The molecule has 3 heterocycles. The molecule has 0 amide bonds. The summed E-state index contributed by atoms with van der Waals surface area (Å²) in [5.41, 5.74) is 0. The van der Waals surface area contributed by atoms with Gasteiger partial charge in [0, 0.05) is 18.1 Å². The van der Waals surface area contributed by atoms with Crippen LogP contribution in [0, 0.1) is 0 Å². The molecule has 16 heavy (non-hydrogen) atoms. The molecule has 4 nitrogen and oxygen atoms in total. The number of hydrogen-bond acceptors (Lipinski definition) is 4. The molecule has 3 rings (SSSR count). The highest BCUT2D eigenvalue weighted by Gasteiger charge is 2.28. The van der Waals surface area contributed by atoms with Gasteiger partial charge in [0.25, 0.3) is 0 Å². The van der Waals surface area contributed by atoms with Gasteiger partial charge in [-0.15, -0.1) is 10.2 Å². The summed E-state index contributed by atoms with van der Waals surface area (Å²) in [4.78, 5) is 0. The summed E-state index contributed by atoms with van der Waals surface area (Å²) in [6.45, 7) is 0. The van der Waals surface area contributed by atoms with Gasteiger partial charge in [0.2, 0.25) is 0 Å². The van der Waals surface area contributed by atoms with E-state index in [-0.39, 0.29) is 6.23 Å². The van der Waals surface area contributed by atoms with Crippen molar-refractivity contribution in [3.8, 4) is 0 Å². The zero-order chi connectivity index (χ0) is 11.0. The predicted molar refractivity (Wildman–Crippen MR) is 63.5 cm³/mol. The van der Waals surface area contributed by atoms with Crippen LogP contribution in [0.15, 0.2) is 0 Å². The minimum atomic E-state index is -0.388. The number of nitrogens with zero attached hydrogens (tertiary/aromatic N) is 3. The number of aromatic nitrogens is 3. The van der Waals surface area contributed by atoms with E-state index in [1.54, 1.807) is 0 Å². The van der Waals surface area contributed by atoms with Gasteiger partial charge in [-0.3, -0.25) is 4.57 Å². The Hall–Kier alpha value is -0.550. The third-order valence-corrected chi connectivity index (χ3v) is 4.69. The number of aliphatic hydroxyl groups is 1. The van der Waals surface area contributed by atoms with Gasteiger partial charge >= 0.3 is 0 Å². The molecule has 1 aromatic rings. The van der Waals surface area contributed by atoms with Gasteiger partial charge in [0.15, 0.2) is 0 Å². The lowest BCUT2D eigenvalue weighted by Gasteiger charge is -2.26. The molecule has 1 N–H and O–H groups in total. The van der Waals surface area contributed by atoms with Crippen molar-refractivity contribution in [2.45, 2.75) is 44.2 Å². The van der Waals surface area contributed by atoms with Crippen LogP contribution in [0.25, 0.3) is 0 Å². The van der Waals surface area contributed by atoms with Crippen LogP contribution in [0.1, 0.15) is 49.5 Å². The highest BCUT2D eigenvalue weighted by molar-refractivity contribution is 7.99. The average molecular weight is 239 g/mol. The lowest BCUT2D eigenvalue weighted by molar-refractivity contribution is 0.0738. The lowest BCUT2D eigenvalue weighted by atomic mass is 10.0. The number of rotatable bonds is 1. The Kier molecular flexibility index (Phi) is 2.90. The van der Waals surface area contributed by atoms with Crippen molar-refractivity contribution in [3.05, 3.63) is 11.6 Å². The molecule has 0 aromatic carbocycles. The Bertz CT molecular complexity index is 373. The van der Waals surface area contributed by atoms with E-state index in [4.69, 9.17) is 0 Å². The van der Waals surface area contributed by atoms with E-state index in [2.05, 4.69) is 10.2 Å². The SMILES string of the molecule is OC1CCCc2nnc(C3CCCSC3)n21. The van der Waals surface area contributed by atoms with E-state index in [0.29, 0.717) is 5.92 Å². The predicted octanol–water partition coefficient (Wildman–Crippen LogP) is 1.72. The Morgan fingerprint density at radius 2 is 2.19 bits per heavy atom. The lowest BCUT2D eigenvalue weighted by Crippen LogP contribution is -2.22. The Labute approximate surface area is 99.4 Å². The van der Waals surface area contributed by atoms with E-state index in [0.717, 1.165) is 36.7 Å². The van der Waals surface area contributed by atoms with Crippen LogP contribution in [0.2, 0.25) is 0 Å². The molecule has 0 aliphatic carbocycles. The highest BCUT2D eigenvalue weighted by Crippen LogP contribution is 2.33. The van der Waals surface area contributed by atoms with Crippen molar-refractivity contribution >= 4 is 11.8 Å². The monoisotopic (exact) mass is 239 g/mol. The smallest absolute Gasteiger partial charge is 0.139 e. The molecular weight excluding hydrogens is 222 g/mol. The topological polar surface area (TPSA) is 50.9 Å². The quantitative estimate of drug-likeness (QED) is 0.810. The third-order valence-electron chi connectivity index (χ3n) is 3.48. The van der Waals surface area contributed by atoms with Crippen molar-refractivity contribution in [1.82, 2.24) is 14.8 Å². The van der Waals surface area contributed by atoms with Crippen molar-refractivity contribution in [1.29, 1.82) is 0 Å². The Balaban J connectivity index is 1.91. The molecule has 0 saturated carbocycles. The van der Waals surface area contributed by atoms with E-state index >= 15 is 0 Å². The number of aryl methyl sites for hydroxylation is 1. The molecule has 88 valence electrons. The summed E-state index contributed by atoms with van der Waals surface area (Å²) >= 11 is 1.99. The summed E-state index contributed by atoms with van der Waals surface area (Å²) in [7, 11) is 0. The van der Waals surface area contributed by atoms with Gasteiger partial charge in [-0.05, 0) is 31.4 Å². The maximum atomic E-state index is 10.0. The molecule has 0 radical (unpaired) electrons. The first-order valence-electron chi connectivity index (χ1n) is 6.06. The van der Waals surface area contributed by atoms with Gasteiger partial charge < -0.3 is 5.11 Å². The second-order valence-electron chi connectivity index (χ2n) is 4.63. The molecule has 2 aliphatic rings. The summed E-state index contributed by atoms with van der Waals surface area (Å²) in [6, 6.07) is 0. The summed E-state index contributed by atoms with van der Waals surface area (Å²) in [5, 5.41) is 18.6. The fraction of sp³-hybridized carbons (Fsp3) is 0.818. The van der Waals surface area contributed by atoms with Gasteiger partial charge in [-0.25, -0.2) is 0 Å². The summed E-state index contributed by atoms with van der Waals surface area (Å²) < 4.78 is 1.99. The zero-order valence-corrected chi connectivity index (χ0v) is 10.1. The molecule has 2 atom stereocenters. The van der Waals surface area contributed by atoms with Crippen LogP contribution < -0.4 is 0 Å². The second-order valence-corrected chi connectivity index (χ2v) is 5.78. The van der Waals surface area contributed by atoms with Gasteiger partial charge in [0.1, 0.15) is 17.9 Å². The number of hydrogen-bond donors (Lipinski definition) is 1. The van der Waals surface area contributed by atoms with Crippen LogP contribution in [-0.4, -0.2) is 31.4 Å².